The highest BCUT2D eigenvalue weighted by Gasteiger charge is 2.30. The standard InChI is InChI=1S/C24H27N5O2/c1-14-7-5-10-20(15(14)2)28-12-11-19-21(23(28)30)22(17-8-6-9-18(13-17)31-4)29-24(26-19)25-16(3)27-29/h6,8-9,11-15,20H,5,7,10H2,1-4H3/t14-,15-,20-/m0/s1. The van der Waals surface area contributed by atoms with Crippen molar-refractivity contribution < 1.29 is 4.74 Å². The van der Waals surface area contributed by atoms with Gasteiger partial charge in [0.15, 0.2) is 0 Å². The second-order valence-corrected chi connectivity index (χ2v) is 8.69. The Bertz CT molecular complexity index is 1340. The summed E-state index contributed by atoms with van der Waals surface area (Å²) in [5.74, 6) is 2.85. The van der Waals surface area contributed by atoms with E-state index in [1.165, 1.54) is 6.42 Å². The highest BCUT2D eigenvalue weighted by atomic mass is 16.5. The highest BCUT2D eigenvalue weighted by Crippen LogP contribution is 2.37. The largest absolute Gasteiger partial charge is 0.497 e. The Morgan fingerprint density at radius 3 is 2.77 bits per heavy atom. The molecule has 4 aromatic rings. The van der Waals surface area contributed by atoms with Crippen molar-refractivity contribution in [3.8, 4) is 17.0 Å². The van der Waals surface area contributed by atoms with Gasteiger partial charge in [-0.2, -0.15) is 9.50 Å². The molecule has 0 unspecified atom stereocenters. The molecule has 1 aliphatic carbocycles. The van der Waals surface area contributed by atoms with Crippen LogP contribution in [0.5, 0.6) is 5.75 Å². The van der Waals surface area contributed by atoms with Crippen LogP contribution in [0, 0.1) is 18.8 Å². The van der Waals surface area contributed by atoms with E-state index < -0.39 is 0 Å². The summed E-state index contributed by atoms with van der Waals surface area (Å²) < 4.78 is 9.04. The molecular formula is C24H27N5O2. The van der Waals surface area contributed by atoms with E-state index in [4.69, 9.17) is 4.74 Å². The molecule has 0 radical (unpaired) electrons. The van der Waals surface area contributed by atoms with Gasteiger partial charge >= 0.3 is 0 Å². The topological polar surface area (TPSA) is 74.3 Å². The summed E-state index contributed by atoms with van der Waals surface area (Å²) in [6, 6.07) is 9.83. The van der Waals surface area contributed by atoms with Crippen LogP contribution in [-0.4, -0.2) is 31.3 Å². The number of fused-ring (bicyclic) bond motifs is 2. The number of hydrogen-bond acceptors (Lipinski definition) is 5. The fourth-order valence-electron chi connectivity index (χ4n) is 4.94. The van der Waals surface area contributed by atoms with Gasteiger partial charge in [0.05, 0.1) is 23.7 Å². The Balaban J connectivity index is 1.84. The monoisotopic (exact) mass is 417 g/mol. The first-order chi connectivity index (χ1) is 15.0. The van der Waals surface area contributed by atoms with Crippen molar-refractivity contribution in [2.75, 3.05) is 7.11 Å². The number of aryl methyl sites for hydroxylation is 1. The molecular weight excluding hydrogens is 390 g/mol. The lowest BCUT2D eigenvalue weighted by molar-refractivity contribution is 0.183. The quantitative estimate of drug-likeness (QED) is 0.493. The predicted octanol–water partition coefficient (Wildman–Crippen LogP) is 4.42. The van der Waals surface area contributed by atoms with Crippen LogP contribution in [0.1, 0.15) is 45.0 Å². The molecule has 3 heterocycles. The van der Waals surface area contributed by atoms with E-state index in [1.807, 2.05) is 48.0 Å². The molecule has 31 heavy (non-hydrogen) atoms. The third kappa shape index (κ3) is 3.19. The van der Waals surface area contributed by atoms with E-state index in [1.54, 1.807) is 11.6 Å². The number of rotatable bonds is 3. The summed E-state index contributed by atoms with van der Waals surface area (Å²) in [6.45, 7) is 6.38. The zero-order valence-electron chi connectivity index (χ0n) is 18.4. The van der Waals surface area contributed by atoms with Gasteiger partial charge in [0.1, 0.15) is 11.6 Å². The number of nitrogens with zero attached hydrogens (tertiary/aromatic N) is 5. The van der Waals surface area contributed by atoms with Gasteiger partial charge in [-0.3, -0.25) is 4.79 Å². The molecule has 3 aromatic heterocycles. The van der Waals surface area contributed by atoms with Crippen LogP contribution in [0.25, 0.3) is 27.9 Å². The van der Waals surface area contributed by atoms with Crippen LogP contribution in [0.3, 0.4) is 0 Å². The summed E-state index contributed by atoms with van der Waals surface area (Å²) >= 11 is 0. The first kappa shape index (κ1) is 19.7. The lowest BCUT2D eigenvalue weighted by Gasteiger charge is -2.35. The molecule has 0 bridgehead atoms. The summed E-state index contributed by atoms with van der Waals surface area (Å²) in [4.78, 5) is 23.0. The van der Waals surface area contributed by atoms with Gasteiger partial charge in [0, 0.05) is 17.8 Å². The van der Waals surface area contributed by atoms with Gasteiger partial charge < -0.3 is 9.30 Å². The average molecular weight is 418 g/mol. The van der Waals surface area contributed by atoms with Gasteiger partial charge in [-0.15, -0.1) is 5.10 Å². The molecule has 160 valence electrons. The van der Waals surface area contributed by atoms with Gasteiger partial charge in [-0.1, -0.05) is 38.8 Å². The maximum Gasteiger partial charge on any atom is 0.262 e. The lowest BCUT2D eigenvalue weighted by atomic mass is 9.78. The van der Waals surface area contributed by atoms with Crippen molar-refractivity contribution in [1.29, 1.82) is 0 Å². The van der Waals surface area contributed by atoms with Crippen LogP contribution < -0.4 is 10.3 Å². The van der Waals surface area contributed by atoms with Crippen molar-refractivity contribution >= 4 is 16.7 Å². The van der Waals surface area contributed by atoms with Crippen LogP contribution in [0.2, 0.25) is 0 Å². The molecule has 1 aliphatic rings. The van der Waals surface area contributed by atoms with Crippen molar-refractivity contribution in [2.24, 2.45) is 11.8 Å². The van der Waals surface area contributed by atoms with Gasteiger partial charge in [0.2, 0.25) is 0 Å². The average Bonchev–Trinajstić information content (AvgIpc) is 3.14. The van der Waals surface area contributed by atoms with Gasteiger partial charge in [-0.25, -0.2) is 4.98 Å². The molecule has 7 nitrogen and oxygen atoms in total. The van der Waals surface area contributed by atoms with Gasteiger partial charge in [-0.05, 0) is 43.4 Å². The molecule has 3 atom stereocenters. The first-order valence-corrected chi connectivity index (χ1v) is 10.9. The minimum atomic E-state index is -0.0242. The Labute approximate surface area is 180 Å². The number of pyridine rings is 1. The first-order valence-electron chi connectivity index (χ1n) is 10.9. The van der Waals surface area contributed by atoms with Crippen LogP contribution >= 0.6 is 0 Å². The highest BCUT2D eigenvalue weighted by molar-refractivity contribution is 5.93. The van der Waals surface area contributed by atoms with Crippen molar-refractivity contribution in [3.63, 3.8) is 0 Å². The molecule has 0 aliphatic heterocycles. The van der Waals surface area contributed by atoms with E-state index in [-0.39, 0.29) is 11.6 Å². The fraction of sp³-hybridized carbons (Fsp3) is 0.417. The second-order valence-electron chi connectivity index (χ2n) is 8.69. The van der Waals surface area contributed by atoms with Crippen LogP contribution in [0.15, 0.2) is 41.3 Å². The molecule has 1 saturated carbocycles. The maximum absolute atomic E-state index is 13.9. The molecule has 0 amide bonds. The number of methoxy groups -OCH3 is 1. The van der Waals surface area contributed by atoms with E-state index in [0.717, 1.165) is 24.2 Å². The summed E-state index contributed by atoms with van der Waals surface area (Å²) in [6.07, 6.45) is 5.29. The smallest absolute Gasteiger partial charge is 0.262 e. The van der Waals surface area contributed by atoms with E-state index in [2.05, 4.69) is 28.9 Å². The molecule has 0 saturated heterocycles. The maximum atomic E-state index is 13.9. The Hall–Kier alpha value is -3.22. The zero-order chi connectivity index (χ0) is 21.7. The minimum absolute atomic E-state index is 0.0242. The number of aromatic nitrogens is 5. The Morgan fingerprint density at radius 1 is 1.13 bits per heavy atom. The summed E-state index contributed by atoms with van der Waals surface area (Å²) in [7, 11) is 1.64. The fourth-order valence-corrected chi connectivity index (χ4v) is 4.94. The third-order valence-electron chi connectivity index (χ3n) is 6.83. The van der Waals surface area contributed by atoms with Crippen LogP contribution in [0.4, 0.5) is 0 Å². The Morgan fingerprint density at radius 2 is 1.97 bits per heavy atom. The molecule has 1 aromatic carbocycles. The number of ether oxygens (including phenoxy) is 1. The summed E-state index contributed by atoms with van der Waals surface area (Å²) in [5, 5.41) is 5.13. The number of benzene rings is 1. The van der Waals surface area contributed by atoms with E-state index >= 15 is 0 Å². The SMILES string of the molecule is COc1cccc(-c2c3c(=O)n([C@H]4CCC[C@H](C)[C@@H]4C)ccc3nc3nc(C)nn23)c1. The van der Waals surface area contributed by atoms with Crippen molar-refractivity contribution in [3.05, 3.63) is 52.7 Å². The van der Waals surface area contributed by atoms with Crippen molar-refractivity contribution in [2.45, 2.75) is 46.1 Å². The second kappa shape index (κ2) is 7.48. The number of hydrogen-bond donors (Lipinski definition) is 0. The normalized spacial score (nSPS) is 21.6. The van der Waals surface area contributed by atoms with E-state index in [0.29, 0.717) is 40.0 Å². The van der Waals surface area contributed by atoms with Gasteiger partial charge in [0.25, 0.3) is 11.3 Å². The van der Waals surface area contributed by atoms with Crippen molar-refractivity contribution in [1.82, 2.24) is 24.1 Å². The zero-order valence-corrected chi connectivity index (χ0v) is 18.4. The summed E-state index contributed by atoms with van der Waals surface area (Å²) in [5.41, 5.74) is 2.16. The molecule has 1 fully saturated rings. The van der Waals surface area contributed by atoms with Crippen LogP contribution in [-0.2, 0) is 0 Å². The molecule has 5 rings (SSSR count). The van der Waals surface area contributed by atoms with E-state index in [9.17, 15) is 4.79 Å². The molecule has 0 spiro atoms. The third-order valence-corrected chi connectivity index (χ3v) is 6.83. The molecule has 0 N–H and O–H groups in total. The Kier molecular flexibility index (Phi) is 4.76. The lowest BCUT2D eigenvalue weighted by Crippen LogP contribution is -2.33. The predicted molar refractivity (Wildman–Crippen MR) is 120 cm³/mol. The minimum Gasteiger partial charge on any atom is -0.497 e. The molecule has 7 heteroatoms.